The Morgan fingerprint density at radius 1 is 1.18 bits per heavy atom. The number of aromatic nitrogens is 1. The van der Waals surface area contributed by atoms with Crippen LogP contribution in [0.15, 0.2) is 27.1 Å². The molecule has 2 N–H and O–H groups in total. The van der Waals surface area contributed by atoms with Crippen molar-refractivity contribution in [3.63, 3.8) is 0 Å². The molecule has 0 atom stereocenters. The summed E-state index contributed by atoms with van der Waals surface area (Å²) in [6, 6.07) is 5.06. The molecule has 90 valence electrons. The van der Waals surface area contributed by atoms with Crippen LogP contribution in [0.2, 0.25) is 0 Å². The molecule has 0 saturated carbocycles. The Hall–Kier alpha value is -0.810. The van der Waals surface area contributed by atoms with Crippen molar-refractivity contribution in [3.05, 3.63) is 44.2 Å². The van der Waals surface area contributed by atoms with Crippen LogP contribution in [0.3, 0.4) is 0 Å². The summed E-state index contributed by atoms with van der Waals surface area (Å²) in [7, 11) is 0. The molecule has 2 aromatic rings. The molecule has 0 unspecified atom stereocenters. The maximum atomic E-state index is 14.0. The van der Waals surface area contributed by atoms with Gasteiger partial charge in [-0.15, -0.1) is 0 Å². The quantitative estimate of drug-likeness (QED) is 0.804. The van der Waals surface area contributed by atoms with E-state index >= 15 is 0 Å². The van der Waals surface area contributed by atoms with Gasteiger partial charge in [0.05, 0.1) is 5.69 Å². The molecule has 2 rings (SSSR count). The first kappa shape index (κ1) is 12.6. The van der Waals surface area contributed by atoms with Crippen molar-refractivity contribution in [1.29, 1.82) is 0 Å². The van der Waals surface area contributed by atoms with Crippen LogP contribution in [0.5, 0.6) is 0 Å². The van der Waals surface area contributed by atoms with Gasteiger partial charge in [0.2, 0.25) is 0 Å². The number of benzene rings is 1. The molecule has 0 amide bonds. The summed E-state index contributed by atoms with van der Waals surface area (Å²) in [4.78, 5) is 0. The Morgan fingerprint density at radius 3 is 2.29 bits per heavy atom. The largest absolute Gasteiger partial charge is 0.385 e. The van der Waals surface area contributed by atoms with Gasteiger partial charge in [-0.1, -0.05) is 15.9 Å². The van der Waals surface area contributed by atoms with Crippen LogP contribution in [-0.4, -0.2) is 4.57 Å². The first-order valence-corrected chi connectivity index (χ1v) is 6.59. The van der Waals surface area contributed by atoms with Crippen LogP contribution in [0.4, 0.5) is 10.2 Å². The predicted octanol–water partition coefficient (Wildman–Crippen LogP) is 4.34. The van der Waals surface area contributed by atoms with Crippen molar-refractivity contribution >= 4 is 37.7 Å². The van der Waals surface area contributed by atoms with E-state index in [9.17, 15) is 4.39 Å². The van der Waals surface area contributed by atoms with Crippen LogP contribution in [0.25, 0.3) is 5.69 Å². The van der Waals surface area contributed by atoms with Crippen LogP contribution < -0.4 is 5.73 Å². The number of halogens is 3. The molecule has 1 aromatic carbocycles. The number of hydrogen-bond acceptors (Lipinski definition) is 1. The van der Waals surface area contributed by atoms with E-state index in [1.54, 1.807) is 10.6 Å². The number of aryl methyl sites for hydroxylation is 1. The maximum Gasteiger partial charge on any atom is 0.149 e. The minimum absolute atomic E-state index is 0.323. The normalized spacial score (nSPS) is 10.9. The summed E-state index contributed by atoms with van der Waals surface area (Å²) < 4.78 is 17.1. The van der Waals surface area contributed by atoms with Gasteiger partial charge in [0.1, 0.15) is 11.6 Å². The molecule has 5 heteroatoms. The van der Waals surface area contributed by atoms with Gasteiger partial charge in [-0.3, -0.25) is 4.57 Å². The van der Waals surface area contributed by atoms with Gasteiger partial charge in [-0.25, -0.2) is 4.39 Å². The maximum absolute atomic E-state index is 14.0. The molecule has 17 heavy (non-hydrogen) atoms. The molecular formula is C12H11Br2FN2. The molecule has 1 heterocycles. The number of nitrogens with two attached hydrogens (primary N) is 1. The highest BCUT2D eigenvalue weighted by Crippen LogP contribution is 2.32. The third kappa shape index (κ3) is 2.13. The number of rotatable bonds is 1. The molecule has 1 aromatic heterocycles. The minimum atomic E-state index is -0.323. The molecule has 0 aliphatic heterocycles. The zero-order valence-corrected chi connectivity index (χ0v) is 12.6. The molecule has 0 bridgehead atoms. The van der Waals surface area contributed by atoms with Crippen molar-refractivity contribution in [2.75, 3.05) is 5.73 Å². The van der Waals surface area contributed by atoms with Crippen molar-refractivity contribution in [2.45, 2.75) is 13.8 Å². The lowest BCUT2D eigenvalue weighted by Crippen LogP contribution is -2.05. The summed E-state index contributed by atoms with van der Waals surface area (Å²) in [6.07, 6.45) is 0. The predicted molar refractivity (Wildman–Crippen MR) is 75.0 cm³/mol. The monoisotopic (exact) mass is 360 g/mol. The fourth-order valence-corrected chi connectivity index (χ4v) is 3.16. The fraction of sp³-hybridized carbons (Fsp3) is 0.167. The van der Waals surface area contributed by atoms with Crippen molar-refractivity contribution in [3.8, 4) is 5.69 Å². The highest BCUT2D eigenvalue weighted by Gasteiger charge is 2.16. The number of nitrogens with zero attached hydrogens (tertiary/aromatic N) is 1. The molecule has 0 aliphatic rings. The van der Waals surface area contributed by atoms with Crippen molar-refractivity contribution < 1.29 is 4.39 Å². The van der Waals surface area contributed by atoms with E-state index < -0.39 is 0 Å². The Labute approximate surface area is 116 Å². The van der Waals surface area contributed by atoms with E-state index in [0.717, 1.165) is 11.3 Å². The van der Waals surface area contributed by atoms with Crippen LogP contribution >= 0.6 is 31.9 Å². The fourth-order valence-electron chi connectivity index (χ4n) is 1.81. The topological polar surface area (TPSA) is 30.9 Å². The van der Waals surface area contributed by atoms with Crippen molar-refractivity contribution in [2.24, 2.45) is 0 Å². The Morgan fingerprint density at radius 2 is 1.82 bits per heavy atom. The van der Waals surface area contributed by atoms with Gasteiger partial charge in [0, 0.05) is 14.6 Å². The Bertz CT molecular complexity index is 567. The highest BCUT2D eigenvalue weighted by atomic mass is 79.9. The average Bonchev–Trinajstić information content (AvgIpc) is 2.43. The second-order valence-corrected chi connectivity index (χ2v) is 5.66. The van der Waals surface area contributed by atoms with Gasteiger partial charge in [0.25, 0.3) is 0 Å². The van der Waals surface area contributed by atoms with E-state index in [0.29, 0.717) is 20.5 Å². The summed E-state index contributed by atoms with van der Waals surface area (Å²) in [5.41, 5.74) is 8.33. The first-order valence-electron chi connectivity index (χ1n) is 5.01. The Kier molecular flexibility index (Phi) is 3.32. The van der Waals surface area contributed by atoms with Gasteiger partial charge >= 0.3 is 0 Å². The van der Waals surface area contributed by atoms with E-state index in [4.69, 9.17) is 5.73 Å². The van der Waals surface area contributed by atoms with Crippen molar-refractivity contribution in [1.82, 2.24) is 4.57 Å². The first-order chi connectivity index (χ1) is 7.91. The summed E-state index contributed by atoms with van der Waals surface area (Å²) >= 11 is 6.62. The minimum Gasteiger partial charge on any atom is -0.385 e. The summed E-state index contributed by atoms with van der Waals surface area (Å²) in [5.74, 6) is 0.207. The third-order valence-corrected chi connectivity index (χ3v) is 3.80. The van der Waals surface area contributed by atoms with Gasteiger partial charge in [-0.05, 0) is 53.5 Å². The smallest absolute Gasteiger partial charge is 0.149 e. The Balaban J connectivity index is 2.77. The lowest BCUT2D eigenvalue weighted by Gasteiger charge is -2.13. The molecule has 0 radical (unpaired) electrons. The van der Waals surface area contributed by atoms with Crippen LogP contribution in [0.1, 0.15) is 11.3 Å². The summed E-state index contributed by atoms with van der Waals surface area (Å²) in [5, 5.41) is 0. The zero-order chi connectivity index (χ0) is 12.7. The molecule has 0 aliphatic carbocycles. The number of hydrogen-bond donors (Lipinski definition) is 1. The summed E-state index contributed by atoms with van der Waals surface area (Å²) in [6.45, 7) is 3.87. The highest BCUT2D eigenvalue weighted by molar-refractivity contribution is 9.11. The standard InChI is InChI=1S/C12H11Br2FN2/c1-6-3-11(16)17(7(6)2)12-9(14)4-8(13)5-10(12)15/h3-5H,16H2,1-2H3. The molecule has 2 nitrogen and oxygen atoms in total. The average molecular weight is 362 g/mol. The number of anilines is 1. The SMILES string of the molecule is Cc1cc(N)n(-c2c(F)cc(Br)cc2Br)c1C. The number of nitrogen functional groups attached to an aromatic ring is 1. The molecule has 0 spiro atoms. The molecule has 0 fully saturated rings. The van der Waals surface area contributed by atoms with Gasteiger partial charge in [0.15, 0.2) is 0 Å². The van der Waals surface area contributed by atoms with Crippen LogP contribution in [-0.2, 0) is 0 Å². The van der Waals surface area contributed by atoms with E-state index in [1.165, 1.54) is 6.07 Å². The van der Waals surface area contributed by atoms with E-state index in [-0.39, 0.29) is 5.82 Å². The second-order valence-electron chi connectivity index (χ2n) is 3.89. The third-order valence-electron chi connectivity index (χ3n) is 2.73. The molecular weight excluding hydrogens is 351 g/mol. The lowest BCUT2D eigenvalue weighted by atomic mass is 10.2. The second kappa shape index (κ2) is 4.46. The molecule has 0 saturated heterocycles. The zero-order valence-electron chi connectivity index (χ0n) is 9.39. The van der Waals surface area contributed by atoms with Gasteiger partial charge < -0.3 is 5.73 Å². The lowest BCUT2D eigenvalue weighted by molar-refractivity contribution is 0.615. The van der Waals surface area contributed by atoms with E-state index in [1.807, 2.05) is 19.9 Å². The van der Waals surface area contributed by atoms with Gasteiger partial charge in [-0.2, -0.15) is 0 Å². The van der Waals surface area contributed by atoms with E-state index in [2.05, 4.69) is 31.9 Å². The van der Waals surface area contributed by atoms with Crippen LogP contribution in [0, 0.1) is 19.7 Å².